The highest BCUT2D eigenvalue weighted by Crippen LogP contribution is 2.53. The Bertz CT molecular complexity index is 532. The van der Waals surface area contributed by atoms with Gasteiger partial charge < -0.3 is 14.2 Å². The molecule has 2 rings (SSSR count). The molecule has 0 amide bonds. The summed E-state index contributed by atoms with van der Waals surface area (Å²) in [5.74, 6) is -0.994. The van der Waals surface area contributed by atoms with Crippen molar-refractivity contribution in [2.45, 2.75) is 102 Å². The van der Waals surface area contributed by atoms with E-state index in [-0.39, 0.29) is 0 Å². The molecule has 5 heteroatoms. The highest BCUT2D eigenvalue weighted by molar-refractivity contribution is 6.02. The monoisotopic (exact) mass is 406 g/mol. The van der Waals surface area contributed by atoms with E-state index in [1.807, 2.05) is 0 Å². The van der Waals surface area contributed by atoms with E-state index in [1.165, 1.54) is 38.5 Å². The maximum atomic E-state index is 12.6. The maximum Gasteiger partial charge on any atom is 0.346 e. The van der Waals surface area contributed by atoms with Crippen LogP contribution < -0.4 is 0 Å². The fourth-order valence-electron chi connectivity index (χ4n) is 3.76. The number of fused-ring (bicyclic) bond motifs is 1. The topological polar surface area (TPSA) is 65.1 Å². The highest BCUT2D eigenvalue weighted by atomic mass is 16.7. The number of rotatable bonds is 16. The number of hydrogen-bond acceptors (Lipinski definition) is 5. The number of esters is 2. The predicted octanol–water partition coefficient (Wildman–Crippen LogP) is 5.43. The molecule has 0 aromatic carbocycles. The summed E-state index contributed by atoms with van der Waals surface area (Å²) < 4.78 is 16.5. The molecule has 0 aromatic heterocycles. The first kappa shape index (κ1) is 23.7. The summed E-state index contributed by atoms with van der Waals surface area (Å²) in [6.07, 6.45) is 20.1. The van der Waals surface area contributed by atoms with Gasteiger partial charge in [-0.2, -0.15) is 0 Å². The number of carbonyl (C=O) groups excluding carboxylic acids is 2. The lowest BCUT2D eigenvalue weighted by molar-refractivity contribution is -0.151. The van der Waals surface area contributed by atoms with Crippen molar-refractivity contribution in [1.82, 2.24) is 0 Å². The Labute approximate surface area is 175 Å². The number of epoxide rings is 1. The van der Waals surface area contributed by atoms with Gasteiger partial charge in [-0.05, 0) is 25.0 Å². The van der Waals surface area contributed by atoms with E-state index in [2.05, 4.69) is 13.8 Å². The second kappa shape index (κ2) is 12.2. The maximum absolute atomic E-state index is 12.6. The molecule has 1 saturated heterocycles. The molecule has 164 valence electrons. The van der Waals surface area contributed by atoms with E-state index >= 15 is 0 Å². The van der Waals surface area contributed by atoms with Crippen LogP contribution in [0.5, 0.6) is 0 Å². The molecule has 1 aliphatic heterocycles. The summed E-state index contributed by atoms with van der Waals surface area (Å²) in [6, 6.07) is 0. The van der Waals surface area contributed by atoms with Gasteiger partial charge in [0.05, 0.1) is 13.2 Å². The third-order valence-electron chi connectivity index (χ3n) is 5.67. The highest BCUT2D eigenvalue weighted by Gasteiger charge is 2.79. The van der Waals surface area contributed by atoms with Crippen LogP contribution in [0.1, 0.15) is 90.9 Å². The van der Waals surface area contributed by atoms with Crippen LogP contribution in [0.3, 0.4) is 0 Å². The molecular weight excluding hydrogens is 368 g/mol. The molecule has 0 aromatic rings. The van der Waals surface area contributed by atoms with Crippen LogP contribution in [0.15, 0.2) is 24.3 Å². The fourth-order valence-corrected chi connectivity index (χ4v) is 3.76. The lowest BCUT2D eigenvalue weighted by atomic mass is 9.88. The van der Waals surface area contributed by atoms with Crippen molar-refractivity contribution in [3.8, 4) is 0 Å². The molecule has 0 radical (unpaired) electrons. The SMILES string of the molecule is CCCCCCCCOC(=O)C12C=CC=CC1(C(=O)OCCCCCCCC)O2. The Morgan fingerprint density at radius 3 is 1.45 bits per heavy atom. The Balaban J connectivity index is 1.72. The minimum atomic E-state index is -1.35. The predicted molar refractivity (Wildman–Crippen MR) is 113 cm³/mol. The Morgan fingerprint density at radius 2 is 1.03 bits per heavy atom. The molecule has 1 heterocycles. The van der Waals surface area contributed by atoms with E-state index in [9.17, 15) is 9.59 Å². The number of ether oxygens (including phenoxy) is 3. The Morgan fingerprint density at radius 1 is 0.655 bits per heavy atom. The van der Waals surface area contributed by atoms with Gasteiger partial charge in [0, 0.05) is 0 Å². The van der Waals surface area contributed by atoms with Crippen LogP contribution in [-0.2, 0) is 23.8 Å². The van der Waals surface area contributed by atoms with Crippen molar-refractivity contribution >= 4 is 11.9 Å². The smallest absolute Gasteiger partial charge is 0.346 e. The van der Waals surface area contributed by atoms with Gasteiger partial charge in [-0.1, -0.05) is 90.2 Å². The molecule has 2 aliphatic rings. The zero-order valence-corrected chi connectivity index (χ0v) is 18.3. The zero-order valence-electron chi connectivity index (χ0n) is 18.3. The van der Waals surface area contributed by atoms with Crippen molar-refractivity contribution in [3.63, 3.8) is 0 Å². The average molecular weight is 407 g/mol. The summed E-state index contributed by atoms with van der Waals surface area (Å²) in [6.45, 7) is 5.09. The van der Waals surface area contributed by atoms with Crippen molar-refractivity contribution in [1.29, 1.82) is 0 Å². The number of unbranched alkanes of at least 4 members (excludes halogenated alkanes) is 10. The molecule has 0 saturated carbocycles. The molecule has 0 bridgehead atoms. The van der Waals surface area contributed by atoms with Crippen molar-refractivity contribution < 1.29 is 23.8 Å². The number of carbonyl (C=O) groups is 2. The molecule has 0 spiro atoms. The second-order valence-electron chi connectivity index (χ2n) is 8.10. The molecule has 5 nitrogen and oxygen atoms in total. The first-order chi connectivity index (χ1) is 14.1. The fraction of sp³-hybridized carbons (Fsp3) is 0.750. The minimum absolute atomic E-state index is 0.358. The van der Waals surface area contributed by atoms with Gasteiger partial charge >= 0.3 is 11.9 Å². The van der Waals surface area contributed by atoms with E-state index in [0.29, 0.717) is 13.2 Å². The van der Waals surface area contributed by atoms with Gasteiger partial charge in [0.1, 0.15) is 0 Å². The summed E-state index contributed by atoms with van der Waals surface area (Å²) in [5.41, 5.74) is -2.69. The van der Waals surface area contributed by atoms with Crippen LogP contribution in [0, 0.1) is 0 Å². The Kier molecular flexibility index (Phi) is 9.92. The van der Waals surface area contributed by atoms with E-state index < -0.39 is 23.1 Å². The summed E-state index contributed by atoms with van der Waals surface area (Å²) in [5, 5.41) is 0. The van der Waals surface area contributed by atoms with Crippen molar-refractivity contribution in [3.05, 3.63) is 24.3 Å². The first-order valence-electron chi connectivity index (χ1n) is 11.5. The number of allylic oxidation sites excluding steroid dienone is 2. The molecular formula is C24H38O5. The molecule has 2 atom stereocenters. The lowest BCUT2D eigenvalue weighted by Crippen LogP contribution is -2.40. The van der Waals surface area contributed by atoms with Gasteiger partial charge in [-0.25, -0.2) is 9.59 Å². The summed E-state index contributed by atoms with van der Waals surface area (Å²) in [4.78, 5) is 25.3. The van der Waals surface area contributed by atoms with Gasteiger partial charge in [0.25, 0.3) is 0 Å². The molecule has 0 N–H and O–H groups in total. The van der Waals surface area contributed by atoms with Crippen LogP contribution >= 0.6 is 0 Å². The van der Waals surface area contributed by atoms with Gasteiger partial charge in [-0.3, -0.25) is 0 Å². The summed E-state index contributed by atoms with van der Waals surface area (Å²) in [7, 11) is 0. The molecule has 1 fully saturated rings. The zero-order chi connectivity index (χ0) is 21.0. The quantitative estimate of drug-likeness (QED) is 0.194. The normalized spacial score (nSPS) is 24.2. The largest absolute Gasteiger partial charge is 0.463 e. The van der Waals surface area contributed by atoms with E-state index in [1.54, 1.807) is 24.3 Å². The molecule has 2 unspecified atom stereocenters. The van der Waals surface area contributed by atoms with Crippen LogP contribution in [0.4, 0.5) is 0 Å². The van der Waals surface area contributed by atoms with Gasteiger partial charge in [-0.15, -0.1) is 0 Å². The molecule has 1 aliphatic carbocycles. The van der Waals surface area contributed by atoms with Crippen LogP contribution in [-0.4, -0.2) is 36.4 Å². The summed E-state index contributed by atoms with van der Waals surface area (Å²) >= 11 is 0. The van der Waals surface area contributed by atoms with Crippen molar-refractivity contribution in [2.24, 2.45) is 0 Å². The number of hydrogen-bond donors (Lipinski definition) is 0. The van der Waals surface area contributed by atoms with Crippen molar-refractivity contribution in [2.75, 3.05) is 13.2 Å². The van der Waals surface area contributed by atoms with Crippen LogP contribution in [0.25, 0.3) is 0 Å². The van der Waals surface area contributed by atoms with E-state index in [0.717, 1.165) is 38.5 Å². The third kappa shape index (κ3) is 6.18. The molecule has 29 heavy (non-hydrogen) atoms. The first-order valence-corrected chi connectivity index (χ1v) is 11.5. The van der Waals surface area contributed by atoms with Gasteiger partial charge in [0.2, 0.25) is 11.2 Å². The Hall–Kier alpha value is -1.62. The second-order valence-corrected chi connectivity index (χ2v) is 8.10. The van der Waals surface area contributed by atoms with E-state index in [4.69, 9.17) is 14.2 Å². The minimum Gasteiger partial charge on any atom is -0.463 e. The lowest BCUT2D eigenvalue weighted by Gasteiger charge is -2.15. The average Bonchev–Trinajstić information content (AvgIpc) is 3.44. The van der Waals surface area contributed by atoms with Gasteiger partial charge in [0.15, 0.2) is 0 Å². The third-order valence-corrected chi connectivity index (χ3v) is 5.67. The standard InChI is InChI=1S/C24H38O5/c1-3-5-7-9-11-15-19-27-21(25)23-17-13-14-18-24(23,29-23)22(26)28-20-16-12-10-8-6-4-2/h13-14,17-18H,3-12,15-16,19-20H2,1-2H3. The van der Waals surface area contributed by atoms with Crippen LogP contribution in [0.2, 0.25) is 0 Å².